The molecule has 4 atom stereocenters. The molecule has 1 aliphatic heterocycles. The molecule has 14 heavy (non-hydrogen) atoms. The number of hydrogen-bond donors (Lipinski definition) is 0. The molecule has 0 aromatic heterocycles. The maximum atomic E-state index is 6.11. The molecule has 1 fully saturated rings. The van der Waals surface area contributed by atoms with Crippen molar-refractivity contribution in [2.24, 2.45) is 23.2 Å². The lowest BCUT2D eigenvalue weighted by atomic mass is 9.63. The topological polar surface area (TPSA) is 9.23 Å². The second-order valence-corrected chi connectivity index (χ2v) is 5.95. The molecule has 0 amide bonds. The van der Waals surface area contributed by atoms with Crippen LogP contribution in [0.15, 0.2) is 0 Å². The smallest absolute Gasteiger partial charge is 0.0632 e. The maximum absolute atomic E-state index is 6.11. The van der Waals surface area contributed by atoms with Gasteiger partial charge >= 0.3 is 0 Å². The summed E-state index contributed by atoms with van der Waals surface area (Å²) >= 11 is 0. The molecule has 0 radical (unpaired) electrons. The molecule has 0 aromatic carbocycles. The van der Waals surface area contributed by atoms with Crippen molar-refractivity contribution in [3.63, 3.8) is 0 Å². The van der Waals surface area contributed by atoms with Gasteiger partial charge in [-0.2, -0.15) is 0 Å². The molecule has 0 N–H and O–H groups in total. The van der Waals surface area contributed by atoms with Gasteiger partial charge in [-0.1, -0.05) is 41.5 Å². The van der Waals surface area contributed by atoms with Crippen LogP contribution in [0.25, 0.3) is 0 Å². The van der Waals surface area contributed by atoms with Gasteiger partial charge in [-0.3, -0.25) is 0 Å². The van der Waals surface area contributed by atoms with Crippen LogP contribution in [0.3, 0.4) is 0 Å². The first-order valence-corrected chi connectivity index (χ1v) is 5.94. The fourth-order valence-corrected chi connectivity index (χ4v) is 2.66. The Kier molecular flexibility index (Phi) is 3.30. The molecule has 0 aliphatic carbocycles. The Bertz CT molecular complexity index is 195. The van der Waals surface area contributed by atoms with E-state index in [1.54, 1.807) is 0 Å². The third kappa shape index (κ3) is 1.84. The monoisotopic (exact) mass is 198 g/mol. The van der Waals surface area contributed by atoms with Gasteiger partial charge in [-0.15, -0.1) is 0 Å². The second kappa shape index (κ2) is 3.84. The SMILES string of the molecule is CC(C)C1O[C@@H](C)[C@H](C)C(C)(C)[C@H]1C. The van der Waals surface area contributed by atoms with Crippen LogP contribution in [0.5, 0.6) is 0 Å². The first-order valence-electron chi connectivity index (χ1n) is 5.94. The highest BCUT2D eigenvalue weighted by molar-refractivity contribution is 4.93. The molecular formula is C13H26O. The van der Waals surface area contributed by atoms with E-state index in [0.29, 0.717) is 35.4 Å². The minimum absolute atomic E-state index is 0.395. The van der Waals surface area contributed by atoms with E-state index in [0.717, 1.165) is 0 Å². The van der Waals surface area contributed by atoms with Crippen LogP contribution >= 0.6 is 0 Å². The zero-order valence-electron chi connectivity index (χ0n) is 10.8. The average molecular weight is 198 g/mol. The predicted molar refractivity (Wildman–Crippen MR) is 61.3 cm³/mol. The number of hydrogen-bond acceptors (Lipinski definition) is 1. The molecule has 1 unspecified atom stereocenters. The second-order valence-electron chi connectivity index (χ2n) is 5.95. The fourth-order valence-electron chi connectivity index (χ4n) is 2.66. The zero-order valence-corrected chi connectivity index (χ0v) is 10.8. The van der Waals surface area contributed by atoms with Gasteiger partial charge in [0.1, 0.15) is 0 Å². The van der Waals surface area contributed by atoms with E-state index >= 15 is 0 Å². The summed E-state index contributed by atoms with van der Waals surface area (Å²) in [6, 6.07) is 0. The van der Waals surface area contributed by atoms with E-state index in [1.165, 1.54) is 0 Å². The molecular weight excluding hydrogens is 172 g/mol. The van der Waals surface area contributed by atoms with Gasteiger partial charge in [-0.25, -0.2) is 0 Å². The van der Waals surface area contributed by atoms with Gasteiger partial charge < -0.3 is 4.74 Å². The van der Waals surface area contributed by atoms with Gasteiger partial charge in [0.2, 0.25) is 0 Å². The van der Waals surface area contributed by atoms with Crippen molar-refractivity contribution in [3.05, 3.63) is 0 Å². The Balaban J connectivity index is 2.87. The van der Waals surface area contributed by atoms with E-state index in [4.69, 9.17) is 4.74 Å². The van der Waals surface area contributed by atoms with E-state index < -0.39 is 0 Å². The van der Waals surface area contributed by atoms with Gasteiger partial charge in [0.25, 0.3) is 0 Å². The summed E-state index contributed by atoms with van der Waals surface area (Å²) in [5, 5.41) is 0. The molecule has 1 nitrogen and oxygen atoms in total. The highest BCUT2D eigenvalue weighted by atomic mass is 16.5. The third-order valence-corrected chi connectivity index (χ3v) is 4.57. The lowest BCUT2D eigenvalue weighted by Crippen LogP contribution is -2.51. The molecule has 0 bridgehead atoms. The van der Waals surface area contributed by atoms with Crippen molar-refractivity contribution in [3.8, 4) is 0 Å². The Morgan fingerprint density at radius 2 is 1.50 bits per heavy atom. The summed E-state index contributed by atoms with van der Waals surface area (Å²) in [4.78, 5) is 0. The molecule has 84 valence electrons. The van der Waals surface area contributed by atoms with E-state index in [1.807, 2.05) is 0 Å². The molecule has 1 saturated heterocycles. The zero-order chi connectivity index (χ0) is 11.1. The van der Waals surface area contributed by atoms with Crippen LogP contribution < -0.4 is 0 Å². The van der Waals surface area contributed by atoms with Crippen LogP contribution in [0, 0.1) is 23.2 Å². The Morgan fingerprint density at radius 3 is 1.93 bits per heavy atom. The minimum atomic E-state index is 0.395. The van der Waals surface area contributed by atoms with Crippen molar-refractivity contribution in [2.75, 3.05) is 0 Å². The highest BCUT2D eigenvalue weighted by Crippen LogP contribution is 2.46. The van der Waals surface area contributed by atoms with Crippen molar-refractivity contribution in [2.45, 2.75) is 60.7 Å². The largest absolute Gasteiger partial charge is 0.374 e. The van der Waals surface area contributed by atoms with Crippen LogP contribution in [-0.2, 0) is 4.74 Å². The van der Waals surface area contributed by atoms with Gasteiger partial charge in [-0.05, 0) is 30.1 Å². The van der Waals surface area contributed by atoms with Gasteiger partial charge in [0.05, 0.1) is 12.2 Å². The molecule has 0 saturated carbocycles. The van der Waals surface area contributed by atoms with Crippen LogP contribution in [-0.4, -0.2) is 12.2 Å². The molecule has 0 spiro atoms. The first kappa shape index (κ1) is 12.0. The molecule has 1 rings (SSSR count). The molecule has 1 aliphatic rings. The summed E-state index contributed by atoms with van der Waals surface area (Å²) in [6.45, 7) is 16.2. The standard InChI is InChI=1S/C13H26O/c1-8(2)12-10(4)13(6,7)9(3)11(5)14-12/h8-12H,1-7H3/t9-,10-,11-,12?/m0/s1. The summed E-state index contributed by atoms with van der Waals surface area (Å²) in [5.41, 5.74) is 0.395. The summed E-state index contributed by atoms with van der Waals surface area (Å²) in [5.74, 6) is 1.92. The third-order valence-electron chi connectivity index (χ3n) is 4.57. The van der Waals surface area contributed by atoms with Gasteiger partial charge in [0.15, 0.2) is 0 Å². The molecule has 1 heterocycles. The summed E-state index contributed by atoms with van der Waals surface area (Å²) in [6.07, 6.45) is 0.824. The lowest BCUT2D eigenvalue weighted by Gasteiger charge is -2.51. The fraction of sp³-hybridized carbons (Fsp3) is 1.00. The molecule has 1 heteroatoms. The predicted octanol–water partition coefficient (Wildman–Crippen LogP) is 3.73. The Hall–Kier alpha value is -0.0400. The minimum Gasteiger partial charge on any atom is -0.374 e. The van der Waals surface area contributed by atoms with E-state index in [9.17, 15) is 0 Å². The van der Waals surface area contributed by atoms with Crippen LogP contribution in [0.2, 0.25) is 0 Å². The van der Waals surface area contributed by atoms with E-state index in [2.05, 4.69) is 48.5 Å². The molecule has 0 aromatic rings. The van der Waals surface area contributed by atoms with Crippen molar-refractivity contribution in [1.29, 1.82) is 0 Å². The summed E-state index contributed by atoms with van der Waals surface area (Å²) in [7, 11) is 0. The summed E-state index contributed by atoms with van der Waals surface area (Å²) < 4.78 is 6.11. The van der Waals surface area contributed by atoms with E-state index in [-0.39, 0.29) is 0 Å². The van der Waals surface area contributed by atoms with Crippen molar-refractivity contribution >= 4 is 0 Å². The number of rotatable bonds is 1. The quantitative estimate of drug-likeness (QED) is 0.624. The lowest BCUT2D eigenvalue weighted by molar-refractivity contribution is -0.174. The Morgan fingerprint density at radius 1 is 1.00 bits per heavy atom. The van der Waals surface area contributed by atoms with Crippen molar-refractivity contribution < 1.29 is 4.74 Å². The maximum Gasteiger partial charge on any atom is 0.0632 e. The average Bonchev–Trinajstić information content (AvgIpc) is 2.08. The number of ether oxygens (including phenoxy) is 1. The van der Waals surface area contributed by atoms with Crippen LogP contribution in [0.4, 0.5) is 0 Å². The van der Waals surface area contributed by atoms with Crippen molar-refractivity contribution in [1.82, 2.24) is 0 Å². The van der Waals surface area contributed by atoms with Gasteiger partial charge in [0, 0.05) is 0 Å². The normalized spacial score (nSPS) is 42.9. The van der Waals surface area contributed by atoms with Crippen LogP contribution in [0.1, 0.15) is 48.5 Å². The highest BCUT2D eigenvalue weighted by Gasteiger charge is 2.45. The first-order chi connectivity index (χ1) is 6.28. The Labute approximate surface area is 89.2 Å².